The van der Waals surface area contributed by atoms with Crippen molar-refractivity contribution >= 4 is 11.7 Å². The van der Waals surface area contributed by atoms with Gasteiger partial charge in [0, 0.05) is 25.3 Å². The lowest BCUT2D eigenvalue weighted by Crippen LogP contribution is -2.27. The first kappa shape index (κ1) is 13.1. The maximum absolute atomic E-state index is 11.5. The lowest BCUT2D eigenvalue weighted by Gasteiger charge is -2.12. The smallest absolute Gasteiger partial charge is 0.321 e. The molecule has 0 bridgehead atoms. The van der Waals surface area contributed by atoms with E-state index in [0.29, 0.717) is 5.69 Å². The Morgan fingerprint density at radius 1 is 1.41 bits per heavy atom. The second-order valence-corrected chi connectivity index (χ2v) is 3.87. The van der Waals surface area contributed by atoms with Gasteiger partial charge in [0.05, 0.1) is 0 Å². The minimum Gasteiger partial charge on any atom is -0.384 e. The van der Waals surface area contributed by atoms with Gasteiger partial charge in [-0.05, 0) is 30.7 Å². The Labute approximate surface area is 101 Å². The van der Waals surface area contributed by atoms with E-state index in [0.717, 1.165) is 11.1 Å². The molecule has 0 spiro atoms. The van der Waals surface area contributed by atoms with E-state index in [1.165, 1.54) is 4.90 Å². The van der Waals surface area contributed by atoms with Crippen LogP contribution in [0.1, 0.15) is 11.1 Å². The quantitative estimate of drug-likeness (QED) is 0.720. The zero-order valence-corrected chi connectivity index (χ0v) is 10.2. The van der Waals surface area contributed by atoms with Crippen LogP contribution in [0, 0.1) is 18.8 Å². The third-order valence-corrected chi connectivity index (χ3v) is 2.05. The molecule has 0 unspecified atom stereocenters. The lowest BCUT2D eigenvalue weighted by atomic mass is 10.1. The summed E-state index contributed by atoms with van der Waals surface area (Å²) in [6, 6.07) is 5.35. The number of amides is 2. The zero-order chi connectivity index (χ0) is 12.8. The van der Waals surface area contributed by atoms with Crippen molar-refractivity contribution in [1.82, 2.24) is 4.90 Å². The largest absolute Gasteiger partial charge is 0.384 e. The van der Waals surface area contributed by atoms with Gasteiger partial charge in [-0.1, -0.05) is 11.8 Å². The summed E-state index contributed by atoms with van der Waals surface area (Å²) in [5.74, 6) is 5.39. The van der Waals surface area contributed by atoms with Crippen molar-refractivity contribution in [3.63, 3.8) is 0 Å². The van der Waals surface area contributed by atoms with Crippen LogP contribution in [0.15, 0.2) is 18.2 Å². The predicted molar refractivity (Wildman–Crippen MR) is 67.8 cm³/mol. The molecule has 1 aromatic rings. The highest BCUT2D eigenvalue weighted by molar-refractivity contribution is 5.89. The summed E-state index contributed by atoms with van der Waals surface area (Å²) in [4.78, 5) is 12.9. The number of hydrogen-bond donors (Lipinski definition) is 2. The Bertz CT molecular complexity index is 470. The number of aliphatic hydroxyl groups excluding tert-OH is 1. The molecule has 1 aromatic carbocycles. The Balaban J connectivity index is 2.93. The minimum atomic E-state index is -0.184. The summed E-state index contributed by atoms with van der Waals surface area (Å²) in [6.07, 6.45) is 0. The van der Waals surface area contributed by atoms with Gasteiger partial charge in [0.15, 0.2) is 0 Å². The highest BCUT2D eigenvalue weighted by atomic mass is 16.2. The molecule has 0 heterocycles. The molecule has 0 atom stereocenters. The summed E-state index contributed by atoms with van der Waals surface area (Å²) >= 11 is 0. The number of anilines is 1. The van der Waals surface area contributed by atoms with E-state index in [9.17, 15) is 4.79 Å². The number of aliphatic hydroxyl groups is 1. The number of nitrogens with zero attached hydrogens (tertiary/aromatic N) is 1. The fraction of sp³-hybridized carbons (Fsp3) is 0.308. The third-order valence-electron chi connectivity index (χ3n) is 2.05. The predicted octanol–water partition coefficient (Wildman–Crippen LogP) is 1.43. The standard InChI is InChI=1S/C13H16N2O2/c1-10-7-11(5-4-6-16)9-12(8-10)14-13(17)15(2)3/h7-9,16H,6H2,1-3H3,(H,14,17). The molecule has 0 saturated heterocycles. The molecular formula is C13H16N2O2. The van der Waals surface area contributed by atoms with E-state index in [1.54, 1.807) is 20.2 Å². The SMILES string of the molecule is Cc1cc(C#CCO)cc(NC(=O)N(C)C)c1. The van der Waals surface area contributed by atoms with E-state index in [-0.39, 0.29) is 12.6 Å². The van der Waals surface area contributed by atoms with Gasteiger partial charge in [0.1, 0.15) is 6.61 Å². The van der Waals surface area contributed by atoms with E-state index < -0.39 is 0 Å². The van der Waals surface area contributed by atoms with Gasteiger partial charge in [0.2, 0.25) is 0 Å². The molecule has 0 radical (unpaired) electrons. The normalized spacial score (nSPS) is 9.18. The molecule has 0 saturated carbocycles. The molecule has 2 amide bonds. The van der Waals surface area contributed by atoms with Crippen LogP contribution in [0.5, 0.6) is 0 Å². The molecule has 90 valence electrons. The fourth-order valence-corrected chi connectivity index (χ4v) is 1.30. The minimum absolute atomic E-state index is 0.173. The summed E-state index contributed by atoms with van der Waals surface area (Å²) in [7, 11) is 3.36. The molecule has 2 N–H and O–H groups in total. The van der Waals surface area contributed by atoms with Gasteiger partial charge in [-0.3, -0.25) is 0 Å². The van der Waals surface area contributed by atoms with Crippen LogP contribution >= 0.6 is 0 Å². The van der Waals surface area contributed by atoms with Crippen molar-refractivity contribution < 1.29 is 9.90 Å². The van der Waals surface area contributed by atoms with Crippen molar-refractivity contribution in [3.8, 4) is 11.8 Å². The van der Waals surface area contributed by atoms with Crippen LogP contribution in [0.25, 0.3) is 0 Å². The van der Waals surface area contributed by atoms with Crippen molar-refractivity contribution in [2.45, 2.75) is 6.92 Å². The van der Waals surface area contributed by atoms with Crippen LogP contribution in [-0.4, -0.2) is 36.7 Å². The molecule has 0 aliphatic rings. The van der Waals surface area contributed by atoms with Gasteiger partial charge in [-0.15, -0.1) is 0 Å². The molecule has 0 aromatic heterocycles. The monoisotopic (exact) mass is 232 g/mol. The van der Waals surface area contributed by atoms with Gasteiger partial charge >= 0.3 is 6.03 Å². The van der Waals surface area contributed by atoms with Crippen LogP contribution in [0.2, 0.25) is 0 Å². The molecule has 1 rings (SSSR count). The average Bonchev–Trinajstić information content (AvgIpc) is 2.25. The van der Waals surface area contributed by atoms with Gasteiger partial charge < -0.3 is 15.3 Å². The highest BCUT2D eigenvalue weighted by Crippen LogP contribution is 2.14. The van der Waals surface area contributed by atoms with Gasteiger partial charge in [0.25, 0.3) is 0 Å². The highest BCUT2D eigenvalue weighted by Gasteiger charge is 2.04. The Morgan fingerprint density at radius 2 is 2.12 bits per heavy atom. The number of carbonyl (C=O) groups excluding carboxylic acids is 1. The molecule has 0 fully saturated rings. The Hall–Kier alpha value is -1.99. The summed E-state index contributed by atoms with van der Waals surface area (Å²) in [5.41, 5.74) is 2.47. The van der Waals surface area contributed by atoms with Crippen molar-refractivity contribution in [3.05, 3.63) is 29.3 Å². The first-order valence-corrected chi connectivity index (χ1v) is 5.22. The van der Waals surface area contributed by atoms with Crippen molar-refractivity contribution in [2.24, 2.45) is 0 Å². The van der Waals surface area contributed by atoms with E-state index in [4.69, 9.17) is 5.11 Å². The summed E-state index contributed by atoms with van der Waals surface area (Å²) in [6.45, 7) is 1.75. The van der Waals surface area contributed by atoms with Crippen LogP contribution in [-0.2, 0) is 0 Å². The number of urea groups is 1. The maximum atomic E-state index is 11.5. The summed E-state index contributed by atoms with van der Waals surface area (Å²) in [5, 5.41) is 11.4. The van der Waals surface area contributed by atoms with E-state index >= 15 is 0 Å². The second kappa shape index (κ2) is 5.92. The molecule has 4 nitrogen and oxygen atoms in total. The molecule has 0 aliphatic heterocycles. The van der Waals surface area contributed by atoms with Gasteiger partial charge in [-0.2, -0.15) is 0 Å². The first-order valence-electron chi connectivity index (χ1n) is 5.22. The van der Waals surface area contributed by atoms with Crippen molar-refractivity contribution in [2.75, 3.05) is 26.0 Å². The van der Waals surface area contributed by atoms with E-state index in [2.05, 4.69) is 17.2 Å². The molecule has 4 heteroatoms. The molecular weight excluding hydrogens is 216 g/mol. The average molecular weight is 232 g/mol. The third kappa shape index (κ3) is 4.17. The Morgan fingerprint density at radius 3 is 2.71 bits per heavy atom. The topological polar surface area (TPSA) is 52.6 Å². The number of rotatable bonds is 1. The van der Waals surface area contributed by atoms with E-state index in [1.807, 2.05) is 19.1 Å². The first-order chi connectivity index (χ1) is 8.02. The summed E-state index contributed by atoms with van der Waals surface area (Å²) < 4.78 is 0. The maximum Gasteiger partial charge on any atom is 0.321 e. The molecule has 0 aliphatic carbocycles. The number of nitrogens with one attached hydrogen (secondary N) is 1. The number of hydrogen-bond acceptors (Lipinski definition) is 2. The van der Waals surface area contributed by atoms with Gasteiger partial charge in [-0.25, -0.2) is 4.79 Å². The molecule has 17 heavy (non-hydrogen) atoms. The van der Waals surface area contributed by atoms with Crippen LogP contribution < -0.4 is 5.32 Å². The second-order valence-electron chi connectivity index (χ2n) is 3.87. The van der Waals surface area contributed by atoms with Crippen LogP contribution in [0.4, 0.5) is 10.5 Å². The number of carbonyl (C=O) groups is 1. The Kier molecular flexibility index (Phi) is 4.56. The number of benzene rings is 1. The van der Waals surface area contributed by atoms with Crippen LogP contribution in [0.3, 0.4) is 0 Å². The lowest BCUT2D eigenvalue weighted by molar-refractivity contribution is 0.230. The zero-order valence-electron chi connectivity index (χ0n) is 10.2. The van der Waals surface area contributed by atoms with Crippen molar-refractivity contribution in [1.29, 1.82) is 0 Å². The fourth-order valence-electron chi connectivity index (χ4n) is 1.30. The number of aryl methyl sites for hydroxylation is 1.